The Morgan fingerprint density at radius 3 is 3.07 bits per heavy atom. The molecule has 1 amide bonds. The Morgan fingerprint density at radius 1 is 1.67 bits per heavy atom. The molecule has 0 aromatic carbocycles. The van der Waals surface area contributed by atoms with Crippen LogP contribution in [0.5, 0.6) is 0 Å². The van der Waals surface area contributed by atoms with E-state index >= 15 is 0 Å². The van der Waals surface area contributed by atoms with E-state index in [4.69, 9.17) is 4.74 Å². The first-order valence-electron chi connectivity index (χ1n) is 5.52. The molecule has 5 heteroatoms. The minimum atomic E-state index is -0.314. The molecule has 88 valence electrons. The number of carbonyl (C=O) groups is 1. The first kappa shape index (κ1) is 12.4. The number of hydrogen-bond donors (Lipinski definition) is 2. The Morgan fingerprint density at radius 2 is 2.47 bits per heavy atom. The average molecular weight is 215 g/mol. The molecule has 1 atom stereocenters. The van der Waals surface area contributed by atoms with Gasteiger partial charge < -0.3 is 20.3 Å². The zero-order valence-electron chi connectivity index (χ0n) is 9.58. The molecule has 2 N–H and O–H groups in total. The molecule has 0 aromatic heterocycles. The SMILES string of the molecule is CCN(C)CCNC(=O)C1CNCCO1. The molecule has 0 bridgehead atoms. The molecule has 1 unspecified atom stereocenters. The monoisotopic (exact) mass is 215 g/mol. The van der Waals surface area contributed by atoms with Gasteiger partial charge in [0.25, 0.3) is 5.91 Å². The van der Waals surface area contributed by atoms with Crippen molar-refractivity contribution in [2.45, 2.75) is 13.0 Å². The summed E-state index contributed by atoms with van der Waals surface area (Å²) in [6.07, 6.45) is -0.314. The molecule has 0 radical (unpaired) electrons. The van der Waals surface area contributed by atoms with Crippen molar-refractivity contribution in [2.75, 3.05) is 46.4 Å². The van der Waals surface area contributed by atoms with Crippen LogP contribution in [0.4, 0.5) is 0 Å². The number of nitrogens with zero attached hydrogens (tertiary/aromatic N) is 1. The predicted molar refractivity (Wildman–Crippen MR) is 58.8 cm³/mol. The summed E-state index contributed by atoms with van der Waals surface area (Å²) in [5.74, 6) is -0.00768. The van der Waals surface area contributed by atoms with E-state index in [0.29, 0.717) is 19.7 Å². The van der Waals surface area contributed by atoms with Gasteiger partial charge in [0, 0.05) is 26.2 Å². The maximum Gasteiger partial charge on any atom is 0.250 e. The molecular formula is C10H21N3O2. The van der Waals surface area contributed by atoms with Crippen LogP contribution >= 0.6 is 0 Å². The van der Waals surface area contributed by atoms with Crippen molar-refractivity contribution in [3.63, 3.8) is 0 Å². The van der Waals surface area contributed by atoms with Gasteiger partial charge in [-0.15, -0.1) is 0 Å². The topological polar surface area (TPSA) is 53.6 Å². The number of carbonyl (C=O) groups excluding carboxylic acids is 1. The van der Waals surface area contributed by atoms with E-state index in [2.05, 4.69) is 22.5 Å². The predicted octanol–water partition coefficient (Wildman–Crippen LogP) is -0.957. The highest BCUT2D eigenvalue weighted by molar-refractivity contribution is 5.81. The molecule has 0 aromatic rings. The number of ether oxygens (including phenoxy) is 1. The fourth-order valence-corrected chi connectivity index (χ4v) is 1.38. The standard InChI is InChI=1S/C10H21N3O2/c1-3-13(2)6-4-12-10(14)9-8-11-5-7-15-9/h9,11H,3-8H2,1-2H3,(H,12,14). The van der Waals surface area contributed by atoms with Crippen molar-refractivity contribution >= 4 is 5.91 Å². The maximum atomic E-state index is 11.6. The van der Waals surface area contributed by atoms with Gasteiger partial charge in [-0.2, -0.15) is 0 Å². The van der Waals surface area contributed by atoms with Gasteiger partial charge in [0.15, 0.2) is 0 Å². The van der Waals surface area contributed by atoms with E-state index in [1.54, 1.807) is 0 Å². The van der Waals surface area contributed by atoms with E-state index in [-0.39, 0.29) is 12.0 Å². The third-order valence-corrected chi connectivity index (χ3v) is 2.55. The van der Waals surface area contributed by atoms with Crippen molar-refractivity contribution in [3.8, 4) is 0 Å². The first-order chi connectivity index (χ1) is 7.24. The fourth-order valence-electron chi connectivity index (χ4n) is 1.38. The summed E-state index contributed by atoms with van der Waals surface area (Å²) in [4.78, 5) is 13.7. The van der Waals surface area contributed by atoms with Crippen molar-refractivity contribution < 1.29 is 9.53 Å². The lowest BCUT2D eigenvalue weighted by Gasteiger charge is -2.23. The second-order valence-corrected chi connectivity index (χ2v) is 3.75. The smallest absolute Gasteiger partial charge is 0.250 e. The fraction of sp³-hybridized carbons (Fsp3) is 0.900. The highest BCUT2D eigenvalue weighted by atomic mass is 16.5. The van der Waals surface area contributed by atoms with Gasteiger partial charge in [-0.05, 0) is 13.6 Å². The molecule has 1 rings (SSSR count). The number of nitrogens with one attached hydrogen (secondary N) is 2. The van der Waals surface area contributed by atoms with Crippen LogP contribution in [-0.2, 0) is 9.53 Å². The molecule has 0 aliphatic carbocycles. The van der Waals surface area contributed by atoms with Crippen LogP contribution in [0.15, 0.2) is 0 Å². The van der Waals surface area contributed by atoms with Gasteiger partial charge in [-0.25, -0.2) is 0 Å². The number of amides is 1. The molecule has 1 fully saturated rings. The first-order valence-corrected chi connectivity index (χ1v) is 5.52. The highest BCUT2D eigenvalue weighted by Crippen LogP contribution is 1.95. The zero-order valence-corrected chi connectivity index (χ0v) is 9.58. The van der Waals surface area contributed by atoms with Gasteiger partial charge in [-0.1, -0.05) is 6.92 Å². The van der Waals surface area contributed by atoms with Crippen molar-refractivity contribution in [2.24, 2.45) is 0 Å². The largest absolute Gasteiger partial charge is 0.366 e. The molecule has 1 aliphatic heterocycles. The highest BCUT2D eigenvalue weighted by Gasteiger charge is 2.20. The van der Waals surface area contributed by atoms with Crippen LogP contribution in [0.25, 0.3) is 0 Å². The Bertz CT molecular complexity index is 193. The molecule has 15 heavy (non-hydrogen) atoms. The lowest BCUT2D eigenvalue weighted by atomic mass is 10.3. The summed E-state index contributed by atoms with van der Waals surface area (Å²) < 4.78 is 5.34. The summed E-state index contributed by atoms with van der Waals surface area (Å²) in [6.45, 7) is 6.73. The third-order valence-electron chi connectivity index (χ3n) is 2.55. The lowest BCUT2D eigenvalue weighted by Crippen LogP contribution is -2.48. The second kappa shape index (κ2) is 6.76. The summed E-state index contributed by atoms with van der Waals surface area (Å²) >= 11 is 0. The van der Waals surface area contributed by atoms with Crippen molar-refractivity contribution in [1.29, 1.82) is 0 Å². The summed E-state index contributed by atoms with van der Waals surface area (Å²) in [7, 11) is 2.03. The van der Waals surface area contributed by atoms with E-state index in [0.717, 1.165) is 19.6 Å². The Hall–Kier alpha value is -0.650. The third kappa shape index (κ3) is 4.59. The molecule has 0 saturated carbocycles. The maximum absolute atomic E-state index is 11.6. The van der Waals surface area contributed by atoms with E-state index in [9.17, 15) is 4.79 Å². The van der Waals surface area contributed by atoms with Gasteiger partial charge in [0.2, 0.25) is 0 Å². The lowest BCUT2D eigenvalue weighted by molar-refractivity contribution is -0.134. The minimum Gasteiger partial charge on any atom is -0.366 e. The molecule has 1 heterocycles. The number of hydrogen-bond acceptors (Lipinski definition) is 4. The van der Waals surface area contributed by atoms with Crippen LogP contribution < -0.4 is 10.6 Å². The van der Waals surface area contributed by atoms with Crippen LogP contribution in [0.3, 0.4) is 0 Å². The number of rotatable bonds is 5. The summed E-state index contributed by atoms with van der Waals surface area (Å²) in [5.41, 5.74) is 0. The van der Waals surface area contributed by atoms with Crippen LogP contribution in [-0.4, -0.2) is 63.3 Å². The van der Waals surface area contributed by atoms with Gasteiger partial charge in [-0.3, -0.25) is 4.79 Å². The summed E-state index contributed by atoms with van der Waals surface area (Å²) in [5, 5.41) is 6.00. The Labute approximate surface area is 91.2 Å². The van der Waals surface area contributed by atoms with E-state index in [1.165, 1.54) is 0 Å². The van der Waals surface area contributed by atoms with Gasteiger partial charge in [0.1, 0.15) is 6.10 Å². The molecule has 5 nitrogen and oxygen atoms in total. The average Bonchev–Trinajstić information content (AvgIpc) is 2.29. The van der Waals surface area contributed by atoms with E-state index in [1.807, 2.05) is 7.05 Å². The Kier molecular flexibility index (Phi) is 5.60. The van der Waals surface area contributed by atoms with Gasteiger partial charge in [0.05, 0.1) is 6.61 Å². The van der Waals surface area contributed by atoms with Crippen molar-refractivity contribution in [3.05, 3.63) is 0 Å². The van der Waals surface area contributed by atoms with Crippen molar-refractivity contribution in [1.82, 2.24) is 15.5 Å². The quantitative estimate of drug-likeness (QED) is 0.620. The number of morpholine rings is 1. The molecular weight excluding hydrogens is 194 g/mol. The number of likely N-dealkylation sites (N-methyl/N-ethyl adjacent to an activating group) is 1. The normalized spacial score (nSPS) is 21.7. The zero-order chi connectivity index (χ0) is 11.1. The van der Waals surface area contributed by atoms with Gasteiger partial charge >= 0.3 is 0 Å². The Balaban J connectivity index is 2.12. The molecule has 1 aliphatic rings. The second-order valence-electron chi connectivity index (χ2n) is 3.75. The minimum absolute atomic E-state index is 0.00768. The van der Waals surface area contributed by atoms with E-state index < -0.39 is 0 Å². The molecule has 1 saturated heterocycles. The van der Waals surface area contributed by atoms with Crippen LogP contribution in [0, 0.1) is 0 Å². The summed E-state index contributed by atoms with van der Waals surface area (Å²) in [6, 6.07) is 0. The molecule has 0 spiro atoms. The van der Waals surface area contributed by atoms with Crippen LogP contribution in [0.1, 0.15) is 6.92 Å². The van der Waals surface area contributed by atoms with Crippen LogP contribution in [0.2, 0.25) is 0 Å².